The zero-order valence-corrected chi connectivity index (χ0v) is 15.5. The maximum absolute atomic E-state index is 11.5. The van der Waals surface area contributed by atoms with Gasteiger partial charge >= 0.3 is 5.97 Å². The number of nitrogens with zero attached hydrogens (tertiary/aromatic N) is 2. The van der Waals surface area contributed by atoms with E-state index in [1.165, 1.54) is 0 Å². The first kappa shape index (κ1) is 18.5. The van der Waals surface area contributed by atoms with Gasteiger partial charge in [-0.05, 0) is 43.7 Å². The predicted octanol–water partition coefficient (Wildman–Crippen LogP) is 3.59. The lowest BCUT2D eigenvalue weighted by atomic mass is 9.99. The molecule has 1 fully saturated rings. The molecule has 7 heteroatoms. The second kappa shape index (κ2) is 8.00. The molecule has 146 valence electrons. The van der Waals surface area contributed by atoms with Crippen LogP contribution in [0.4, 0.5) is 0 Å². The lowest BCUT2D eigenvalue weighted by Gasteiger charge is -2.34. The van der Waals surface area contributed by atoms with Crippen LogP contribution in [0.2, 0.25) is 0 Å². The Morgan fingerprint density at radius 3 is 2.89 bits per heavy atom. The van der Waals surface area contributed by atoms with Crippen LogP contribution in [0.25, 0.3) is 11.3 Å². The number of likely N-dealkylation sites (tertiary alicyclic amines) is 1. The van der Waals surface area contributed by atoms with Crippen LogP contribution in [0.5, 0.6) is 0 Å². The normalized spacial score (nSPS) is 17.7. The lowest BCUT2D eigenvalue weighted by molar-refractivity contribution is 0.0697. The van der Waals surface area contributed by atoms with Crippen LogP contribution in [-0.4, -0.2) is 37.8 Å². The number of H-pyrrole nitrogens is 1. The largest absolute Gasteiger partial charge is 0.478 e. The second-order valence-electron chi connectivity index (χ2n) is 7.07. The summed E-state index contributed by atoms with van der Waals surface area (Å²) in [6.07, 6.45) is 3.26. The van der Waals surface area contributed by atoms with E-state index in [0.717, 1.165) is 37.3 Å². The molecule has 1 aromatic carbocycles. The van der Waals surface area contributed by atoms with Crippen molar-refractivity contribution in [2.75, 3.05) is 6.54 Å². The summed E-state index contributed by atoms with van der Waals surface area (Å²) in [7, 11) is 0. The van der Waals surface area contributed by atoms with Crippen molar-refractivity contribution >= 4 is 5.97 Å². The summed E-state index contributed by atoms with van der Waals surface area (Å²) in [4.78, 5) is 13.8. The van der Waals surface area contributed by atoms with Crippen LogP contribution in [0.1, 0.15) is 52.8 Å². The first-order valence-electron chi connectivity index (χ1n) is 9.46. The molecule has 2 aromatic heterocycles. The van der Waals surface area contributed by atoms with Gasteiger partial charge in [-0.1, -0.05) is 24.6 Å². The summed E-state index contributed by atoms with van der Waals surface area (Å²) in [6, 6.07) is 12.7. The monoisotopic (exact) mass is 381 g/mol. The topological polar surface area (TPSA) is 103 Å². The molecule has 0 aliphatic carbocycles. The Morgan fingerprint density at radius 1 is 1.25 bits per heavy atom. The summed E-state index contributed by atoms with van der Waals surface area (Å²) in [5.74, 6) is 0.381. The molecule has 1 unspecified atom stereocenters. The number of aromatic amines is 1. The first-order valence-corrected chi connectivity index (χ1v) is 9.46. The summed E-state index contributed by atoms with van der Waals surface area (Å²) in [6.45, 7) is 1.51. The fraction of sp³-hybridized carbons (Fsp3) is 0.333. The molecular weight excluding hydrogens is 358 g/mol. The molecule has 3 N–H and O–H groups in total. The number of furan rings is 1. The molecular formula is C21H23N3O4. The third-order valence-corrected chi connectivity index (χ3v) is 5.22. The predicted molar refractivity (Wildman–Crippen MR) is 103 cm³/mol. The van der Waals surface area contributed by atoms with Crippen LogP contribution in [0.3, 0.4) is 0 Å². The zero-order valence-electron chi connectivity index (χ0n) is 15.5. The number of aromatic nitrogens is 2. The molecule has 28 heavy (non-hydrogen) atoms. The maximum Gasteiger partial charge on any atom is 0.336 e. The van der Waals surface area contributed by atoms with Crippen molar-refractivity contribution in [1.29, 1.82) is 0 Å². The van der Waals surface area contributed by atoms with Gasteiger partial charge in [0, 0.05) is 5.56 Å². The Hall–Kier alpha value is -2.90. The van der Waals surface area contributed by atoms with E-state index in [-0.39, 0.29) is 18.2 Å². The number of carboxylic acids is 1. The van der Waals surface area contributed by atoms with E-state index in [1.54, 1.807) is 24.3 Å². The number of benzene rings is 1. The van der Waals surface area contributed by atoms with Crippen LogP contribution >= 0.6 is 0 Å². The van der Waals surface area contributed by atoms with Crippen LogP contribution in [0.15, 0.2) is 46.9 Å². The van der Waals surface area contributed by atoms with Gasteiger partial charge in [0.25, 0.3) is 0 Å². The van der Waals surface area contributed by atoms with Gasteiger partial charge < -0.3 is 14.6 Å². The Kier molecular flexibility index (Phi) is 5.27. The van der Waals surface area contributed by atoms with Crippen LogP contribution in [-0.2, 0) is 13.2 Å². The van der Waals surface area contributed by atoms with Gasteiger partial charge in [-0.2, -0.15) is 5.10 Å². The number of carboxylic acid groups (broad SMARTS) is 1. The summed E-state index contributed by atoms with van der Waals surface area (Å²) >= 11 is 0. The average molecular weight is 381 g/mol. The number of aromatic carboxylic acids is 1. The molecule has 1 aliphatic heterocycles. The van der Waals surface area contributed by atoms with Gasteiger partial charge in [-0.3, -0.25) is 10.00 Å². The molecule has 1 atom stereocenters. The fourth-order valence-corrected chi connectivity index (χ4v) is 3.84. The number of hydrogen-bond donors (Lipinski definition) is 3. The van der Waals surface area contributed by atoms with Crippen molar-refractivity contribution in [2.24, 2.45) is 0 Å². The third-order valence-electron chi connectivity index (χ3n) is 5.22. The van der Waals surface area contributed by atoms with Gasteiger partial charge in [0.15, 0.2) is 0 Å². The van der Waals surface area contributed by atoms with Crippen molar-refractivity contribution in [1.82, 2.24) is 15.1 Å². The molecule has 0 amide bonds. The molecule has 3 aromatic rings. The third kappa shape index (κ3) is 3.72. The Morgan fingerprint density at radius 2 is 2.11 bits per heavy atom. The summed E-state index contributed by atoms with van der Waals surface area (Å²) < 4.78 is 6.00. The van der Waals surface area contributed by atoms with Crippen molar-refractivity contribution in [3.8, 4) is 11.3 Å². The second-order valence-corrected chi connectivity index (χ2v) is 7.07. The van der Waals surface area contributed by atoms with Gasteiger partial charge in [-0.15, -0.1) is 0 Å². The van der Waals surface area contributed by atoms with Crippen LogP contribution in [0, 0.1) is 0 Å². The number of aliphatic hydroxyl groups excluding tert-OH is 1. The molecule has 1 saturated heterocycles. The van der Waals surface area contributed by atoms with E-state index in [2.05, 4.69) is 15.1 Å². The molecule has 3 heterocycles. The fourth-order valence-electron chi connectivity index (χ4n) is 3.84. The quantitative estimate of drug-likeness (QED) is 0.603. The number of carbonyl (C=O) groups is 1. The van der Waals surface area contributed by atoms with E-state index in [9.17, 15) is 15.0 Å². The van der Waals surface area contributed by atoms with E-state index in [0.29, 0.717) is 23.6 Å². The molecule has 0 spiro atoms. The van der Waals surface area contributed by atoms with E-state index in [1.807, 2.05) is 18.2 Å². The smallest absolute Gasteiger partial charge is 0.336 e. The highest BCUT2D eigenvalue weighted by Gasteiger charge is 2.27. The lowest BCUT2D eigenvalue weighted by Crippen LogP contribution is -2.33. The zero-order chi connectivity index (χ0) is 19.5. The van der Waals surface area contributed by atoms with Crippen LogP contribution < -0.4 is 0 Å². The minimum Gasteiger partial charge on any atom is -0.478 e. The Bertz CT molecular complexity index is 962. The molecule has 1 aliphatic rings. The van der Waals surface area contributed by atoms with E-state index < -0.39 is 5.97 Å². The number of rotatable bonds is 6. The van der Waals surface area contributed by atoms with Gasteiger partial charge in [-0.25, -0.2) is 4.79 Å². The van der Waals surface area contributed by atoms with Crippen molar-refractivity contribution in [3.63, 3.8) is 0 Å². The molecule has 4 rings (SSSR count). The summed E-state index contributed by atoms with van der Waals surface area (Å²) in [5.41, 5.74) is 2.46. The van der Waals surface area contributed by atoms with Gasteiger partial charge in [0.2, 0.25) is 0 Å². The minimum atomic E-state index is -0.970. The van der Waals surface area contributed by atoms with Crippen molar-refractivity contribution in [3.05, 3.63) is 65.2 Å². The number of aliphatic hydroxyl groups is 1. The standard InChI is InChI=1S/C21H23N3O4/c25-13-14-11-18(23-22-14)19-7-3-4-10-24(19)12-15-8-9-20(28-15)16-5-1-2-6-17(16)21(26)27/h1-2,5-6,8-9,11,19,25H,3-4,7,10,12-13H2,(H,22,23)(H,26,27). The molecule has 0 bridgehead atoms. The highest BCUT2D eigenvalue weighted by Crippen LogP contribution is 2.33. The average Bonchev–Trinajstić information content (AvgIpc) is 3.38. The number of nitrogens with one attached hydrogen (secondary N) is 1. The molecule has 7 nitrogen and oxygen atoms in total. The molecule has 0 saturated carbocycles. The van der Waals surface area contributed by atoms with Gasteiger partial charge in [0.1, 0.15) is 11.5 Å². The van der Waals surface area contributed by atoms with Crippen molar-refractivity contribution in [2.45, 2.75) is 38.5 Å². The highest BCUT2D eigenvalue weighted by molar-refractivity contribution is 5.95. The maximum atomic E-state index is 11.5. The van der Waals surface area contributed by atoms with Crippen molar-refractivity contribution < 1.29 is 19.4 Å². The van der Waals surface area contributed by atoms with E-state index >= 15 is 0 Å². The number of hydrogen-bond acceptors (Lipinski definition) is 5. The highest BCUT2D eigenvalue weighted by atomic mass is 16.4. The SMILES string of the molecule is O=C(O)c1ccccc1-c1ccc(CN2CCCCC2c2cc(CO)[nH]n2)o1. The Balaban J connectivity index is 1.55. The minimum absolute atomic E-state index is 0.0513. The summed E-state index contributed by atoms with van der Waals surface area (Å²) in [5, 5.41) is 25.9. The Labute approximate surface area is 162 Å². The van der Waals surface area contributed by atoms with Gasteiger partial charge in [0.05, 0.1) is 36.1 Å². The van der Waals surface area contributed by atoms with E-state index in [4.69, 9.17) is 4.42 Å². The first-order chi connectivity index (χ1) is 13.7. The molecule has 0 radical (unpaired) electrons. The number of piperidine rings is 1.